The average molecular weight is 148 g/mol. The fraction of sp³-hybridized carbons (Fsp3) is 0.833. The molecular formula is C6H10ClNO. The number of piperidine rings is 1. The van der Waals surface area contributed by atoms with E-state index in [0.29, 0.717) is 0 Å². The Labute approximate surface area is 59.9 Å². The van der Waals surface area contributed by atoms with Crippen LogP contribution in [0.1, 0.15) is 19.3 Å². The molecule has 3 heteroatoms. The molecule has 1 heterocycles. The van der Waals surface area contributed by atoms with Crippen LogP contribution in [0.4, 0.5) is 0 Å². The first-order valence-electron chi connectivity index (χ1n) is 3.22. The van der Waals surface area contributed by atoms with Crippen LogP contribution < -0.4 is 0 Å². The van der Waals surface area contributed by atoms with Crippen molar-refractivity contribution in [1.29, 1.82) is 0 Å². The molecule has 1 unspecified atom stereocenters. The van der Waals surface area contributed by atoms with Gasteiger partial charge in [-0.1, -0.05) is 6.42 Å². The van der Waals surface area contributed by atoms with E-state index in [9.17, 15) is 4.79 Å². The zero-order valence-electron chi connectivity index (χ0n) is 5.22. The third-order valence-corrected chi connectivity index (χ3v) is 2.06. The first-order chi connectivity index (χ1) is 4.34. The van der Waals surface area contributed by atoms with Gasteiger partial charge in [-0.15, -0.1) is 0 Å². The number of carbonyl (C=O) groups is 1. The van der Waals surface area contributed by atoms with Crippen LogP contribution in [0.3, 0.4) is 0 Å². The van der Waals surface area contributed by atoms with Gasteiger partial charge in [0.1, 0.15) is 6.29 Å². The van der Waals surface area contributed by atoms with Crippen LogP contribution in [-0.4, -0.2) is 23.3 Å². The third kappa shape index (κ3) is 1.66. The van der Waals surface area contributed by atoms with Crippen LogP contribution in [0, 0.1) is 0 Å². The summed E-state index contributed by atoms with van der Waals surface area (Å²) in [5.74, 6) is 0. The summed E-state index contributed by atoms with van der Waals surface area (Å²) in [6.07, 6.45) is 4.10. The molecule has 0 amide bonds. The van der Waals surface area contributed by atoms with Gasteiger partial charge in [-0.2, -0.15) is 0 Å². The first kappa shape index (κ1) is 7.03. The molecule has 0 N–H and O–H groups in total. The van der Waals surface area contributed by atoms with E-state index in [-0.39, 0.29) is 6.04 Å². The largest absolute Gasteiger partial charge is 0.302 e. The van der Waals surface area contributed by atoms with E-state index in [2.05, 4.69) is 0 Å². The minimum Gasteiger partial charge on any atom is -0.302 e. The molecule has 2 nitrogen and oxygen atoms in total. The highest BCUT2D eigenvalue weighted by Gasteiger charge is 2.18. The van der Waals surface area contributed by atoms with Crippen molar-refractivity contribution in [2.45, 2.75) is 25.3 Å². The molecule has 0 saturated carbocycles. The summed E-state index contributed by atoms with van der Waals surface area (Å²) in [6, 6.07) is -0.0274. The molecule has 1 atom stereocenters. The van der Waals surface area contributed by atoms with Gasteiger partial charge in [0.2, 0.25) is 0 Å². The summed E-state index contributed by atoms with van der Waals surface area (Å²) >= 11 is 5.68. The monoisotopic (exact) mass is 147 g/mol. The lowest BCUT2D eigenvalue weighted by molar-refractivity contribution is -0.111. The Morgan fingerprint density at radius 1 is 1.56 bits per heavy atom. The number of carbonyl (C=O) groups excluding carboxylic acids is 1. The molecule has 1 rings (SSSR count). The van der Waals surface area contributed by atoms with E-state index >= 15 is 0 Å². The maximum Gasteiger partial charge on any atom is 0.138 e. The summed E-state index contributed by atoms with van der Waals surface area (Å²) in [5, 5.41) is 0. The average Bonchev–Trinajstić information content (AvgIpc) is 1.89. The van der Waals surface area contributed by atoms with Crippen molar-refractivity contribution in [1.82, 2.24) is 4.42 Å². The second-order valence-corrected chi connectivity index (χ2v) is 2.76. The fourth-order valence-electron chi connectivity index (χ4n) is 1.06. The highest BCUT2D eigenvalue weighted by molar-refractivity contribution is 6.14. The van der Waals surface area contributed by atoms with Crippen molar-refractivity contribution >= 4 is 18.1 Å². The molecule has 0 aromatic carbocycles. The van der Waals surface area contributed by atoms with E-state index in [1.165, 1.54) is 0 Å². The molecule has 52 valence electrons. The molecule has 0 aromatic rings. The summed E-state index contributed by atoms with van der Waals surface area (Å²) < 4.78 is 1.59. The van der Waals surface area contributed by atoms with Gasteiger partial charge in [-0.05, 0) is 24.6 Å². The second kappa shape index (κ2) is 3.18. The quantitative estimate of drug-likeness (QED) is 0.410. The minimum absolute atomic E-state index is 0.0274. The summed E-state index contributed by atoms with van der Waals surface area (Å²) in [5.41, 5.74) is 0. The lowest BCUT2D eigenvalue weighted by atomic mass is 10.1. The van der Waals surface area contributed by atoms with Crippen molar-refractivity contribution < 1.29 is 4.79 Å². The van der Waals surface area contributed by atoms with Gasteiger partial charge in [-0.3, -0.25) is 0 Å². The highest BCUT2D eigenvalue weighted by Crippen LogP contribution is 2.16. The lowest BCUT2D eigenvalue weighted by Crippen LogP contribution is -2.33. The van der Waals surface area contributed by atoms with E-state index in [1.807, 2.05) is 0 Å². The number of hydrogen-bond donors (Lipinski definition) is 0. The summed E-state index contributed by atoms with van der Waals surface area (Å²) in [7, 11) is 0. The Bertz CT molecular complexity index is 107. The van der Waals surface area contributed by atoms with Gasteiger partial charge in [0.25, 0.3) is 0 Å². The van der Waals surface area contributed by atoms with Gasteiger partial charge < -0.3 is 4.79 Å². The topological polar surface area (TPSA) is 20.3 Å². The van der Waals surface area contributed by atoms with Crippen molar-refractivity contribution in [3.8, 4) is 0 Å². The van der Waals surface area contributed by atoms with Gasteiger partial charge in [0.15, 0.2) is 0 Å². The minimum atomic E-state index is -0.0274. The Balaban J connectivity index is 2.38. The fourth-order valence-corrected chi connectivity index (χ4v) is 1.32. The van der Waals surface area contributed by atoms with Gasteiger partial charge in [-0.25, -0.2) is 4.42 Å². The standard InChI is InChI=1S/C6H10ClNO/c7-8-4-2-1-3-6(8)5-9/h5-6H,1-4H2. The SMILES string of the molecule is O=CC1CCCCN1Cl. The molecule has 1 aliphatic heterocycles. The predicted octanol–water partition coefficient (Wildman–Crippen LogP) is 1.19. The van der Waals surface area contributed by atoms with Crippen LogP contribution in [0.25, 0.3) is 0 Å². The number of hydrogen-bond acceptors (Lipinski definition) is 2. The number of rotatable bonds is 1. The zero-order valence-corrected chi connectivity index (χ0v) is 5.97. The van der Waals surface area contributed by atoms with E-state index < -0.39 is 0 Å². The molecule has 0 spiro atoms. The van der Waals surface area contributed by atoms with Crippen molar-refractivity contribution in [3.63, 3.8) is 0 Å². The van der Waals surface area contributed by atoms with Gasteiger partial charge in [0, 0.05) is 6.54 Å². The maximum absolute atomic E-state index is 10.2. The molecule has 0 aliphatic carbocycles. The second-order valence-electron chi connectivity index (χ2n) is 2.32. The molecule has 9 heavy (non-hydrogen) atoms. The van der Waals surface area contributed by atoms with Crippen molar-refractivity contribution in [2.24, 2.45) is 0 Å². The van der Waals surface area contributed by atoms with Gasteiger partial charge in [0.05, 0.1) is 6.04 Å². The smallest absolute Gasteiger partial charge is 0.138 e. The number of nitrogens with zero attached hydrogens (tertiary/aromatic N) is 1. The summed E-state index contributed by atoms with van der Waals surface area (Å²) in [4.78, 5) is 10.2. The molecule has 0 radical (unpaired) electrons. The lowest BCUT2D eigenvalue weighted by Gasteiger charge is -2.24. The molecule has 0 bridgehead atoms. The molecule has 1 saturated heterocycles. The molecule has 1 aliphatic rings. The van der Waals surface area contributed by atoms with E-state index in [4.69, 9.17) is 11.8 Å². The Kier molecular flexibility index (Phi) is 2.49. The first-order valence-corrected chi connectivity index (χ1v) is 3.56. The van der Waals surface area contributed by atoms with Crippen LogP contribution in [0.15, 0.2) is 0 Å². The van der Waals surface area contributed by atoms with E-state index in [1.54, 1.807) is 4.42 Å². The van der Waals surface area contributed by atoms with Crippen LogP contribution in [-0.2, 0) is 4.79 Å². The Morgan fingerprint density at radius 3 is 2.78 bits per heavy atom. The van der Waals surface area contributed by atoms with Crippen molar-refractivity contribution in [3.05, 3.63) is 0 Å². The molecule has 1 fully saturated rings. The van der Waals surface area contributed by atoms with Crippen LogP contribution in [0.2, 0.25) is 0 Å². The highest BCUT2D eigenvalue weighted by atomic mass is 35.5. The summed E-state index contributed by atoms with van der Waals surface area (Å²) in [6.45, 7) is 0.852. The van der Waals surface area contributed by atoms with Gasteiger partial charge >= 0.3 is 0 Å². The van der Waals surface area contributed by atoms with E-state index in [0.717, 1.165) is 32.1 Å². The van der Waals surface area contributed by atoms with Crippen LogP contribution >= 0.6 is 11.8 Å². The van der Waals surface area contributed by atoms with Crippen LogP contribution in [0.5, 0.6) is 0 Å². The zero-order chi connectivity index (χ0) is 6.69. The predicted molar refractivity (Wildman–Crippen MR) is 36.3 cm³/mol. The van der Waals surface area contributed by atoms with Crippen molar-refractivity contribution in [2.75, 3.05) is 6.54 Å². The number of aldehydes is 1. The molecule has 0 aromatic heterocycles. The molecular weight excluding hydrogens is 138 g/mol. The third-order valence-electron chi connectivity index (χ3n) is 1.64. The number of halogens is 1. The Morgan fingerprint density at radius 2 is 2.33 bits per heavy atom. The maximum atomic E-state index is 10.2. The Hall–Kier alpha value is -0.0800. The normalized spacial score (nSPS) is 30.1.